The van der Waals surface area contributed by atoms with Gasteiger partial charge >= 0.3 is 6.18 Å². The van der Waals surface area contributed by atoms with Crippen LogP contribution in [0.2, 0.25) is 0 Å². The number of nitrogens with one attached hydrogen (secondary N) is 1. The smallest absolute Gasteiger partial charge is 0.347 e. The Morgan fingerprint density at radius 1 is 0.938 bits per heavy atom. The molecule has 2 amide bonds. The predicted octanol–water partition coefficient (Wildman–Crippen LogP) is 1.90. The van der Waals surface area contributed by atoms with E-state index in [2.05, 4.69) is 5.32 Å². The standard InChI is InChI=1S/C21H22F3N3O4S/c22-21(23,24)17-7-4-8-18(14-17)32(30,31)27-11-9-26(10-12-27)20(29)15-25-19(28)13-16-5-2-1-3-6-16/h1-8,14H,9-13,15H2,(H,25,28). The molecule has 7 nitrogen and oxygen atoms in total. The zero-order chi connectivity index (χ0) is 23.4. The monoisotopic (exact) mass is 469 g/mol. The van der Waals surface area contributed by atoms with Crippen molar-refractivity contribution in [2.45, 2.75) is 17.5 Å². The highest BCUT2D eigenvalue weighted by Gasteiger charge is 2.34. The zero-order valence-electron chi connectivity index (χ0n) is 17.0. The third kappa shape index (κ3) is 5.86. The lowest BCUT2D eigenvalue weighted by molar-refractivity contribution is -0.137. The van der Waals surface area contributed by atoms with Gasteiger partial charge in [-0.2, -0.15) is 17.5 Å². The fourth-order valence-corrected chi connectivity index (χ4v) is 4.76. The van der Waals surface area contributed by atoms with Gasteiger partial charge in [0.2, 0.25) is 21.8 Å². The molecule has 172 valence electrons. The lowest BCUT2D eigenvalue weighted by atomic mass is 10.1. The van der Waals surface area contributed by atoms with Crippen LogP contribution in [0.25, 0.3) is 0 Å². The van der Waals surface area contributed by atoms with E-state index >= 15 is 0 Å². The van der Waals surface area contributed by atoms with Crippen LogP contribution in [-0.2, 0) is 32.2 Å². The van der Waals surface area contributed by atoms with Crippen molar-refractivity contribution >= 4 is 21.8 Å². The summed E-state index contributed by atoms with van der Waals surface area (Å²) in [5.41, 5.74) is -0.232. The van der Waals surface area contributed by atoms with Crippen LogP contribution < -0.4 is 5.32 Å². The van der Waals surface area contributed by atoms with Gasteiger partial charge in [-0.1, -0.05) is 36.4 Å². The zero-order valence-corrected chi connectivity index (χ0v) is 17.8. The summed E-state index contributed by atoms with van der Waals surface area (Å²) < 4.78 is 65.2. The summed E-state index contributed by atoms with van der Waals surface area (Å²) in [6, 6.07) is 12.6. The average Bonchev–Trinajstić information content (AvgIpc) is 2.78. The fourth-order valence-electron chi connectivity index (χ4n) is 3.29. The number of nitrogens with zero attached hydrogens (tertiary/aromatic N) is 2. The molecule has 0 unspecified atom stereocenters. The van der Waals surface area contributed by atoms with Crippen LogP contribution in [0.4, 0.5) is 13.2 Å². The lowest BCUT2D eigenvalue weighted by Gasteiger charge is -2.34. The van der Waals surface area contributed by atoms with Gasteiger partial charge in [0.1, 0.15) is 0 Å². The number of alkyl halides is 3. The van der Waals surface area contributed by atoms with E-state index in [0.29, 0.717) is 6.07 Å². The molecule has 2 aromatic rings. The van der Waals surface area contributed by atoms with Crippen LogP contribution in [0.15, 0.2) is 59.5 Å². The molecule has 0 atom stereocenters. The van der Waals surface area contributed by atoms with Crippen LogP contribution in [0.3, 0.4) is 0 Å². The Morgan fingerprint density at radius 3 is 2.22 bits per heavy atom. The SMILES string of the molecule is O=C(Cc1ccccc1)NCC(=O)N1CCN(S(=O)(=O)c2cccc(C(F)(F)F)c2)CC1. The van der Waals surface area contributed by atoms with Crippen molar-refractivity contribution in [1.29, 1.82) is 0 Å². The second-order valence-corrected chi connectivity index (χ2v) is 9.19. The van der Waals surface area contributed by atoms with Gasteiger partial charge in [-0.25, -0.2) is 8.42 Å². The topological polar surface area (TPSA) is 86.8 Å². The summed E-state index contributed by atoms with van der Waals surface area (Å²) in [5, 5.41) is 2.55. The minimum atomic E-state index is -4.65. The summed E-state index contributed by atoms with van der Waals surface area (Å²) in [5.74, 6) is -0.669. The first-order chi connectivity index (χ1) is 15.1. The van der Waals surface area contributed by atoms with E-state index in [9.17, 15) is 31.2 Å². The summed E-state index contributed by atoms with van der Waals surface area (Å²) >= 11 is 0. The normalized spacial score (nSPS) is 15.4. The number of sulfonamides is 1. The fraction of sp³-hybridized carbons (Fsp3) is 0.333. The quantitative estimate of drug-likeness (QED) is 0.700. The van der Waals surface area contributed by atoms with Crippen LogP contribution >= 0.6 is 0 Å². The third-order valence-corrected chi connectivity index (χ3v) is 6.93. The average molecular weight is 469 g/mol. The molecule has 1 N–H and O–H groups in total. The number of rotatable bonds is 6. The first-order valence-corrected chi connectivity index (χ1v) is 11.3. The molecule has 0 aliphatic carbocycles. The van der Waals surface area contributed by atoms with Gasteiger partial charge in [0, 0.05) is 26.2 Å². The Morgan fingerprint density at radius 2 is 1.59 bits per heavy atom. The number of amides is 2. The molecule has 0 bridgehead atoms. The first-order valence-electron chi connectivity index (χ1n) is 9.83. The van der Waals surface area contributed by atoms with E-state index in [-0.39, 0.29) is 51.0 Å². The van der Waals surface area contributed by atoms with Crippen molar-refractivity contribution < 1.29 is 31.2 Å². The van der Waals surface area contributed by atoms with E-state index in [1.54, 1.807) is 24.3 Å². The maximum Gasteiger partial charge on any atom is 0.416 e. The summed E-state index contributed by atoms with van der Waals surface area (Å²) in [4.78, 5) is 25.3. The Kier molecular flexibility index (Phi) is 7.19. The molecule has 1 heterocycles. The summed E-state index contributed by atoms with van der Waals surface area (Å²) in [7, 11) is -4.13. The number of piperazine rings is 1. The van der Waals surface area contributed by atoms with Gasteiger partial charge < -0.3 is 10.2 Å². The molecule has 0 spiro atoms. The van der Waals surface area contributed by atoms with Gasteiger partial charge in [-0.15, -0.1) is 0 Å². The third-order valence-electron chi connectivity index (χ3n) is 5.03. The highest BCUT2D eigenvalue weighted by molar-refractivity contribution is 7.89. The maximum atomic E-state index is 12.9. The van der Waals surface area contributed by atoms with E-state index in [1.807, 2.05) is 6.07 Å². The molecule has 3 rings (SSSR count). The van der Waals surface area contributed by atoms with Crippen molar-refractivity contribution in [2.24, 2.45) is 0 Å². The van der Waals surface area contributed by atoms with Crippen molar-refractivity contribution in [2.75, 3.05) is 32.7 Å². The van der Waals surface area contributed by atoms with Crippen LogP contribution in [0, 0.1) is 0 Å². The van der Waals surface area contributed by atoms with Gasteiger partial charge in [-0.05, 0) is 23.8 Å². The number of carbonyl (C=O) groups excluding carboxylic acids is 2. The van der Waals surface area contributed by atoms with Crippen LogP contribution in [-0.4, -0.2) is 62.2 Å². The molecule has 0 saturated carbocycles. The summed E-state index contributed by atoms with van der Waals surface area (Å²) in [6.45, 7) is -0.173. The van der Waals surface area contributed by atoms with Crippen molar-refractivity contribution in [3.63, 3.8) is 0 Å². The highest BCUT2D eigenvalue weighted by atomic mass is 32.2. The molecular formula is C21H22F3N3O4S. The molecule has 1 fully saturated rings. The molecule has 1 aliphatic heterocycles. The summed E-state index contributed by atoms with van der Waals surface area (Å²) in [6.07, 6.45) is -4.52. The van der Waals surface area contributed by atoms with E-state index in [1.165, 1.54) is 4.90 Å². The van der Waals surface area contributed by atoms with E-state index in [4.69, 9.17) is 0 Å². The Hall–Kier alpha value is -2.92. The maximum absolute atomic E-state index is 12.9. The van der Waals surface area contributed by atoms with Crippen molar-refractivity contribution in [3.05, 3.63) is 65.7 Å². The Labute approximate surface area is 183 Å². The predicted molar refractivity (Wildman–Crippen MR) is 110 cm³/mol. The molecule has 2 aromatic carbocycles. The first kappa shape index (κ1) is 23.7. The van der Waals surface area contributed by atoms with Gasteiger partial charge in [0.05, 0.1) is 23.4 Å². The second-order valence-electron chi connectivity index (χ2n) is 7.25. The molecular weight excluding hydrogens is 447 g/mol. The molecule has 11 heteroatoms. The number of hydrogen-bond acceptors (Lipinski definition) is 4. The van der Waals surface area contributed by atoms with Crippen molar-refractivity contribution in [1.82, 2.24) is 14.5 Å². The number of hydrogen-bond donors (Lipinski definition) is 1. The second kappa shape index (κ2) is 9.70. The number of benzene rings is 2. The molecule has 1 saturated heterocycles. The van der Waals surface area contributed by atoms with Crippen LogP contribution in [0.1, 0.15) is 11.1 Å². The Bertz CT molecular complexity index is 1070. The number of carbonyl (C=O) groups is 2. The highest BCUT2D eigenvalue weighted by Crippen LogP contribution is 2.31. The minimum absolute atomic E-state index is 0.0533. The minimum Gasteiger partial charge on any atom is -0.347 e. The van der Waals surface area contributed by atoms with E-state index < -0.39 is 26.7 Å². The van der Waals surface area contributed by atoms with E-state index in [0.717, 1.165) is 28.1 Å². The van der Waals surface area contributed by atoms with Gasteiger partial charge in [-0.3, -0.25) is 9.59 Å². The molecule has 0 aromatic heterocycles. The molecule has 0 radical (unpaired) electrons. The largest absolute Gasteiger partial charge is 0.416 e. The molecule has 32 heavy (non-hydrogen) atoms. The number of halogens is 3. The van der Waals surface area contributed by atoms with Crippen LogP contribution in [0.5, 0.6) is 0 Å². The van der Waals surface area contributed by atoms with Gasteiger partial charge in [0.15, 0.2) is 0 Å². The molecule has 1 aliphatic rings. The Balaban J connectivity index is 1.53. The van der Waals surface area contributed by atoms with Gasteiger partial charge in [0.25, 0.3) is 0 Å². The lowest BCUT2D eigenvalue weighted by Crippen LogP contribution is -2.52. The van der Waals surface area contributed by atoms with Crippen molar-refractivity contribution in [3.8, 4) is 0 Å².